The smallest absolute Gasteiger partial charge is 0.254 e. The lowest BCUT2D eigenvalue weighted by Gasteiger charge is -2.13. The van der Waals surface area contributed by atoms with Crippen molar-refractivity contribution in [2.75, 3.05) is 5.32 Å². The Hall–Kier alpha value is -1.69. The molecule has 1 heterocycles. The van der Waals surface area contributed by atoms with Crippen LogP contribution in [-0.2, 0) is 0 Å². The SMILES string of the molecule is Cc1ccc(Sc2ccnc(NC3CCC4(C3)CC4(F)F)n2)cc1. The number of benzene rings is 1. The van der Waals surface area contributed by atoms with Crippen LogP contribution >= 0.6 is 11.8 Å². The molecule has 4 rings (SSSR count). The van der Waals surface area contributed by atoms with E-state index in [1.54, 1.807) is 18.0 Å². The third-order valence-electron chi connectivity index (χ3n) is 5.03. The fourth-order valence-electron chi connectivity index (χ4n) is 3.50. The minimum absolute atomic E-state index is 0.0398. The predicted molar refractivity (Wildman–Crippen MR) is 90.6 cm³/mol. The number of halogens is 2. The highest BCUT2D eigenvalue weighted by molar-refractivity contribution is 7.99. The number of anilines is 1. The summed E-state index contributed by atoms with van der Waals surface area (Å²) in [6, 6.07) is 10.2. The molecule has 1 N–H and O–H groups in total. The van der Waals surface area contributed by atoms with Gasteiger partial charge in [-0.2, -0.15) is 0 Å². The van der Waals surface area contributed by atoms with Crippen molar-refractivity contribution in [3.8, 4) is 0 Å². The van der Waals surface area contributed by atoms with Gasteiger partial charge in [0, 0.05) is 29.0 Å². The molecule has 0 aliphatic heterocycles. The fraction of sp³-hybridized carbons (Fsp3) is 0.444. The van der Waals surface area contributed by atoms with Crippen LogP contribution in [0.15, 0.2) is 46.5 Å². The van der Waals surface area contributed by atoms with Crippen LogP contribution in [-0.4, -0.2) is 21.9 Å². The highest BCUT2D eigenvalue weighted by atomic mass is 32.2. The van der Waals surface area contributed by atoms with Gasteiger partial charge >= 0.3 is 0 Å². The highest BCUT2D eigenvalue weighted by Gasteiger charge is 2.72. The normalized spacial score (nSPS) is 27.4. The molecule has 1 aromatic carbocycles. The molecule has 2 fully saturated rings. The Morgan fingerprint density at radius 1 is 1.21 bits per heavy atom. The molecule has 126 valence electrons. The molecule has 1 aromatic heterocycles. The monoisotopic (exact) mass is 347 g/mol. The van der Waals surface area contributed by atoms with Gasteiger partial charge in [0.2, 0.25) is 5.95 Å². The van der Waals surface area contributed by atoms with Crippen LogP contribution in [0.4, 0.5) is 14.7 Å². The van der Waals surface area contributed by atoms with E-state index in [0.29, 0.717) is 18.8 Å². The summed E-state index contributed by atoms with van der Waals surface area (Å²) in [6.45, 7) is 2.05. The summed E-state index contributed by atoms with van der Waals surface area (Å²) in [5.41, 5.74) is 0.468. The molecule has 2 saturated carbocycles. The number of hydrogen-bond donors (Lipinski definition) is 1. The third kappa shape index (κ3) is 2.99. The van der Waals surface area contributed by atoms with Crippen LogP contribution in [0.25, 0.3) is 0 Å². The molecule has 3 nitrogen and oxygen atoms in total. The third-order valence-corrected chi connectivity index (χ3v) is 5.97. The zero-order chi connectivity index (χ0) is 16.8. The fourth-order valence-corrected chi connectivity index (χ4v) is 4.28. The Kier molecular flexibility index (Phi) is 3.75. The Morgan fingerprint density at radius 2 is 1.96 bits per heavy atom. The molecule has 2 aromatic rings. The van der Waals surface area contributed by atoms with Crippen molar-refractivity contribution < 1.29 is 8.78 Å². The Labute approximate surface area is 144 Å². The number of hydrogen-bond acceptors (Lipinski definition) is 4. The first-order valence-electron chi connectivity index (χ1n) is 8.18. The molecule has 0 bridgehead atoms. The van der Waals surface area contributed by atoms with E-state index in [9.17, 15) is 8.78 Å². The first-order valence-corrected chi connectivity index (χ1v) is 8.99. The van der Waals surface area contributed by atoms with Crippen molar-refractivity contribution in [2.45, 2.75) is 54.5 Å². The molecule has 2 unspecified atom stereocenters. The second kappa shape index (κ2) is 5.69. The van der Waals surface area contributed by atoms with Gasteiger partial charge in [0.1, 0.15) is 5.03 Å². The van der Waals surface area contributed by atoms with Crippen LogP contribution in [0.5, 0.6) is 0 Å². The molecule has 2 aliphatic rings. The second-order valence-electron chi connectivity index (χ2n) is 6.88. The van der Waals surface area contributed by atoms with Crippen LogP contribution in [0.1, 0.15) is 31.2 Å². The van der Waals surface area contributed by atoms with E-state index < -0.39 is 11.3 Å². The summed E-state index contributed by atoms with van der Waals surface area (Å²) >= 11 is 1.57. The first-order chi connectivity index (χ1) is 11.5. The van der Waals surface area contributed by atoms with Crippen molar-refractivity contribution in [2.24, 2.45) is 5.41 Å². The van der Waals surface area contributed by atoms with Gasteiger partial charge in [-0.3, -0.25) is 0 Å². The van der Waals surface area contributed by atoms with Gasteiger partial charge in [0.25, 0.3) is 5.92 Å². The molecule has 0 radical (unpaired) electrons. The van der Waals surface area contributed by atoms with E-state index in [0.717, 1.165) is 16.3 Å². The van der Waals surface area contributed by atoms with Crippen molar-refractivity contribution in [1.82, 2.24) is 9.97 Å². The summed E-state index contributed by atoms with van der Waals surface area (Å²) in [7, 11) is 0. The van der Waals surface area contributed by atoms with E-state index in [1.807, 2.05) is 6.07 Å². The Morgan fingerprint density at radius 3 is 2.62 bits per heavy atom. The lowest BCUT2D eigenvalue weighted by Crippen LogP contribution is -2.19. The lowest BCUT2D eigenvalue weighted by molar-refractivity contribution is 0.0657. The molecule has 6 heteroatoms. The maximum atomic E-state index is 13.5. The van der Waals surface area contributed by atoms with Crippen molar-refractivity contribution in [1.29, 1.82) is 0 Å². The van der Waals surface area contributed by atoms with Crippen molar-refractivity contribution >= 4 is 17.7 Å². The van der Waals surface area contributed by atoms with E-state index in [1.165, 1.54) is 5.56 Å². The lowest BCUT2D eigenvalue weighted by atomic mass is 10.1. The number of alkyl halides is 2. The van der Waals surface area contributed by atoms with Crippen molar-refractivity contribution in [3.63, 3.8) is 0 Å². The van der Waals surface area contributed by atoms with Crippen LogP contribution in [0.3, 0.4) is 0 Å². The molecule has 0 saturated heterocycles. The topological polar surface area (TPSA) is 37.8 Å². The van der Waals surface area contributed by atoms with Crippen molar-refractivity contribution in [3.05, 3.63) is 42.1 Å². The molecular formula is C18H19F2N3S. The van der Waals surface area contributed by atoms with Crippen LogP contribution in [0.2, 0.25) is 0 Å². The highest BCUT2D eigenvalue weighted by Crippen LogP contribution is 2.68. The van der Waals surface area contributed by atoms with Gasteiger partial charge < -0.3 is 5.32 Å². The van der Waals surface area contributed by atoms with Crippen LogP contribution < -0.4 is 5.32 Å². The van der Waals surface area contributed by atoms with Crippen LogP contribution in [0, 0.1) is 12.3 Å². The summed E-state index contributed by atoms with van der Waals surface area (Å²) in [6.07, 6.45) is 3.62. The zero-order valence-corrected chi connectivity index (χ0v) is 14.2. The Bertz CT molecular complexity index is 750. The molecule has 2 atom stereocenters. The maximum Gasteiger partial charge on any atom is 0.254 e. The summed E-state index contributed by atoms with van der Waals surface area (Å²) in [4.78, 5) is 9.87. The van der Waals surface area contributed by atoms with E-state index >= 15 is 0 Å². The zero-order valence-electron chi connectivity index (χ0n) is 13.4. The molecule has 2 aliphatic carbocycles. The number of rotatable bonds is 4. The molecular weight excluding hydrogens is 328 g/mol. The Balaban J connectivity index is 1.41. The summed E-state index contributed by atoms with van der Waals surface area (Å²) < 4.78 is 27.0. The van der Waals surface area contributed by atoms with Gasteiger partial charge in [0.15, 0.2) is 0 Å². The first kappa shape index (κ1) is 15.8. The van der Waals surface area contributed by atoms with Gasteiger partial charge in [-0.05, 0) is 44.4 Å². The number of nitrogens with one attached hydrogen (secondary N) is 1. The van der Waals surface area contributed by atoms with Gasteiger partial charge in [-0.25, -0.2) is 18.7 Å². The van der Waals surface area contributed by atoms with E-state index in [2.05, 4.69) is 46.5 Å². The summed E-state index contributed by atoms with van der Waals surface area (Å²) in [5.74, 6) is -1.94. The van der Waals surface area contributed by atoms with Gasteiger partial charge in [-0.15, -0.1) is 0 Å². The minimum atomic E-state index is -2.46. The molecule has 0 amide bonds. The second-order valence-corrected chi connectivity index (χ2v) is 7.97. The minimum Gasteiger partial charge on any atom is -0.351 e. The average Bonchev–Trinajstić information content (AvgIpc) is 2.87. The van der Waals surface area contributed by atoms with Gasteiger partial charge in [0.05, 0.1) is 0 Å². The number of aryl methyl sites for hydroxylation is 1. The average molecular weight is 347 g/mol. The molecule has 1 spiro atoms. The number of nitrogens with zero attached hydrogens (tertiary/aromatic N) is 2. The van der Waals surface area contributed by atoms with E-state index in [4.69, 9.17) is 0 Å². The predicted octanol–water partition coefficient (Wildman–Crippen LogP) is 4.93. The summed E-state index contributed by atoms with van der Waals surface area (Å²) in [5, 5.41) is 4.09. The largest absolute Gasteiger partial charge is 0.351 e. The molecule has 24 heavy (non-hydrogen) atoms. The van der Waals surface area contributed by atoms with E-state index in [-0.39, 0.29) is 12.5 Å². The van der Waals surface area contributed by atoms with Gasteiger partial charge in [-0.1, -0.05) is 29.5 Å². The number of aromatic nitrogens is 2. The standard InChI is InChI=1S/C18H19F2N3S/c1-12-2-4-14(5-3-12)24-15-7-9-21-16(23-15)22-13-6-8-17(10-13)11-18(17,19)20/h2-5,7,9,13H,6,8,10-11H2,1H3,(H,21,22,23). The maximum absolute atomic E-state index is 13.5. The quantitative estimate of drug-likeness (QED) is 0.796.